The SMILES string of the molecule is COc1ccccc1N1C(=S)N[C@H](c2ccccn2)[C@@H]1c1ccn(C2CCCCC2)c1. The van der Waals surface area contributed by atoms with Crippen LogP contribution in [-0.2, 0) is 0 Å². The van der Waals surface area contributed by atoms with Gasteiger partial charge in [0.15, 0.2) is 5.11 Å². The minimum absolute atomic E-state index is 0.0106. The molecule has 2 aromatic heterocycles. The summed E-state index contributed by atoms with van der Waals surface area (Å²) < 4.78 is 8.09. The largest absolute Gasteiger partial charge is 0.495 e. The minimum atomic E-state index is -0.0409. The number of nitrogens with zero attached hydrogens (tertiary/aromatic N) is 3. The molecule has 1 aliphatic carbocycles. The highest BCUT2D eigenvalue weighted by molar-refractivity contribution is 7.80. The Hall–Kier alpha value is -2.86. The second kappa shape index (κ2) is 8.71. The Morgan fingerprint density at radius 3 is 2.61 bits per heavy atom. The first-order chi connectivity index (χ1) is 15.3. The van der Waals surface area contributed by atoms with Crippen LogP contribution in [0.5, 0.6) is 5.75 Å². The third-order valence-corrected chi connectivity index (χ3v) is 6.83. The molecule has 0 spiro atoms. The van der Waals surface area contributed by atoms with E-state index in [1.807, 2.05) is 36.5 Å². The Kier molecular flexibility index (Phi) is 5.64. The van der Waals surface area contributed by atoms with Crippen LogP contribution in [0.1, 0.15) is 61.5 Å². The van der Waals surface area contributed by atoms with Crippen LogP contribution < -0.4 is 15.0 Å². The number of hydrogen-bond donors (Lipinski definition) is 1. The van der Waals surface area contributed by atoms with E-state index in [9.17, 15) is 0 Å². The molecule has 1 aromatic carbocycles. The average molecular weight is 433 g/mol. The molecular weight excluding hydrogens is 404 g/mol. The van der Waals surface area contributed by atoms with Crippen molar-refractivity contribution in [3.63, 3.8) is 0 Å². The molecule has 31 heavy (non-hydrogen) atoms. The number of nitrogens with one attached hydrogen (secondary N) is 1. The van der Waals surface area contributed by atoms with Gasteiger partial charge in [-0.2, -0.15) is 0 Å². The van der Waals surface area contributed by atoms with Gasteiger partial charge in [0, 0.05) is 24.6 Å². The fraction of sp³-hybridized carbons (Fsp3) is 0.360. The predicted octanol–water partition coefficient (Wildman–Crippen LogP) is 5.57. The summed E-state index contributed by atoms with van der Waals surface area (Å²) in [4.78, 5) is 6.84. The molecule has 0 unspecified atom stereocenters. The summed E-state index contributed by atoms with van der Waals surface area (Å²) in [6, 6.07) is 16.9. The lowest BCUT2D eigenvalue weighted by Gasteiger charge is -2.28. The smallest absolute Gasteiger partial charge is 0.174 e. The van der Waals surface area contributed by atoms with E-state index in [-0.39, 0.29) is 12.1 Å². The zero-order chi connectivity index (χ0) is 21.2. The Bertz CT molecular complexity index is 1040. The molecule has 5 rings (SSSR count). The summed E-state index contributed by atoms with van der Waals surface area (Å²) in [6.45, 7) is 0. The summed E-state index contributed by atoms with van der Waals surface area (Å²) in [5.41, 5.74) is 3.19. The Balaban J connectivity index is 1.57. The van der Waals surface area contributed by atoms with Gasteiger partial charge in [0.25, 0.3) is 0 Å². The van der Waals surface area contributed by atoms with Crippen LogP contribution in [0.4, 0.5) is 5.69 Å². The van der Waals surface area contributed by atoms with Crippen LogP contribution in [-0.4, -0.2) is 21.8 Å². The van der Waals surface area contributed by atoms with Gasteiger partial charge in [0.05, 0.1) is 30.6 Å². The molecule has 1 N–H and O–H groups in total. The van der Waals surface area contributed by atoms with E-state index < -0.39 is 0 Å². The van der Waals surface area contributed by atoms with Crippen molar-refractivity contribution in [2.75, 3.05) is 12.0 Å². The topological polar surface area (TPSA) is 42.3 Å². The monoisotopic (exact) mass is 432 g/mol. The molecular formula is C25H28N4OS. The summed E-state index contributed by atoms with van der Waals surface area (Å²) in [6.07, 6.45) is 12.9. The first-order valence-corrected chi connectivity index (χ1v) is 11.5. The van der Waals surface area contributed by atoms with Gasteiger partial charge in [0.2, 0.25) is 0 Å². The average Bonchev–Trinajstić information content (AvgIpc) is 3.45. The van der Waals surface area contributed by atoms with Gasteiger partial charge < -0.3 is 19.5 Å². The van der Waals surface area contributed by atoms with Gasteiger partial charge >= 0.3 is 0 Å². The van der Waals surface area contributed by atoms with Gasteiger partial charge in [-0.3, -0.25) is 4.98 Å². The molecule has 1 saturated carbocycles. The molecule has 2 fully saturated rings. The highest BCUT2D eigenvalue weighted by atomic mass is 32.1. The van der Waals surface area contributed by atoms with Crippen LogP contribution >= 0.6 is 12.2 Å². The van der Waals surface area contributed by atoms with E-state index in [1.165, 1.54) is 37.7 Å². The Morgan fingerprint density at radius 1 is 1.03 bits per heavy atom. The number of ether oxygens (including phenoxy) is 1. The fourth-order valence-corrected chi connectivity index (χ4v) is 5.33. The number of benzene rings is 1. The highest BCUT2D eigenvalue weighted by Crippen LogP contribution is 2.44. The molecule has 6 heteroatoms. The van der Waals surface area contributed by atoms with Gasteiger partial charge in [-0.25, -0.2) is 0 Å². The van der Waals surface area contributed by atoms with Crippen molar-refractivity contribution < 1.29 is 4.74 Å². The van der Waals surface area contributed by atoms with Gasteiger partial charge in [-0.15, -0.1) is 0 Å². The Labute approximate surface area is 189 Å². The van der Waals surface area contributed by atoms with Crippen molar-refractivity contribution in [2.45, 2.75) is 50.2 Å². The van der Waals surface area contributed by atoms with Crippen LogP contribution in [0.15, 0.2) is 67.1 Å². The van der Waals surface area contributed by atoms with Crippen molar-refractivity contribution in [1.82, 2.24) is 14.9 Å². The minimum Gasteiger partial charge on any atom is -0.495 e. The maximum Gasteiger partial charge on any atom is 0.174 e. The van der Waals surface area contributed by atoms with E-state index in [4.69, 9.17) is 17.0 Å². The van der Waals surface area contributed by atoms with E-state index >= 15 is 0 Å². The number of rotatable bonds is 5. The number of thiocarbonyl (C=S) groups is 1. The summed E-state index contributed by atoms with van der Waals surface area (Å²) in [5, 5.41) is 4.23. The molecule has 0 radical (unpaired) electrons. The zero-order valence-electron chi connectivity index (χ0n) is 17.8. The first-order valence-electron chi connectivity index (χ1n) is 11.1. The van der Waals surface area contributed by atoms with Crippen LogP contribution in [0.2, 0.25) is 0 Å². The van der Waals surface area contributed by atoms with Gasteiger partial charge in [0.1, 0.15) is 5.75 Å². The molecule has 3 aromatic rings. The predicted molar refractivity (Wildman–Crippen MR) is 127 cm³/mol. The fourth-order valence-electron chi connectivity index (χ4n) is 4.99. The quantitative estimate of drug-likeness (QED) is 0.534. The first kappa shape index (κ1) is 20.1. The molecule has 0 amide bonds. The molecule has 2 aliphatic rings. The lowest BCUT2D eigenvalue weighted by atomic mass is 9.95. The van der Waals surface area contributed by atoms with Crippen molar-refractivity contribution in [3.8, 4) is 5.75 Å². The van der Waals surface area contributed by atoms with E-state index in [0.29, 0.717) is 11.2 Å². The maximum atomic E-state index is 5.84. The maximum absolute atomic E-state index is 5.84. The van der Waals surface area contributed by atoms with Gasteiger partial charge in [-0.05, 0) is 61.0 Å². The normalized spacial score (nSPS) is 21.8. The van der Waals surface area contributed by atoms with E-state index in [1.54, 1.807) is 7.11 Å². The number of methoxy groups -OCH3 is 1. The lowest BCUT2D eigenvalue weighted by molar-refractivity contribution is 0.353. The molecule has 3 heterocycles. The van der Waals surface area contributed by atoms with E-state index in [0.717, 1.165) is 17.1 Å². The summed E-state index contributed by atoms with van der Waals surface area (Å²) in [5.74, 6) is 0.810. The van der Waals surface area contributed by atoms with Crippen LogP contribution in [0.25, 0.3) is 0 Å². The third-order valence-electron chi connectivity index (χ3n) is 6.52. The molecule has 0 bridgehead atoms. The number of anilines is 1. The second-order valence-corrected chi connectivity index (χ2v) is 8.74. The van der Waals surface area contributed by atoms with Crippen molar-refractivity contribution >= 4 is 23.0 Å². The molecule has 160 valence electrons. The number of aromatic nitrogens is 2. The molecule has 1 saturated heterocycles. The van der Waals surface area contributed by atoms with Crippen molar-refractivity contribution in [1.29, 1.82) is 0 Å². The Morgan fingerprint density at radius 2 is 1.84 bits per heavy atom. The van der Waals surface area contributed by atoms with Crippen molar-refractivity contribution in [3.05, 3.63) is 78.4 Å². The zero-order valence-corrected chi connectivity index (χ0v) is 18.6. The van der Waals surface area contributed by atoms with Crippen LogP contribution in [0, 0.1) is 0 Å². The molecule has 5 nitrogen and oxygen atoms in total. The number of para-hydroxylation sites is 2. The standard InChI is InChI=1S/C25H28N4OS/c1-30-22-13-6-5-12-21(22)29-24(23(27-25(29)31)20-11-7-8-15-26-20)18-14-16-28(17-18)19-9-3-2-4-10-19/h5-8,11-17,19,23-24H,2-4,9-10H2,1H3,(H,27,31)/t23-,24+/m1/s1. The third kappa shape index (κ3) is 3.81. The number of hydrogen-bond acceptors (Lipinski definition) is 3. The summed E-state index contributed by atoms with van der Waals surface area (Å²) in [7, 11) is 1.70. The summed E-state index contributed by atoms with van der Waals surface area (Å²) >= 11 is 5.84. The van der Waals surface area contributed by atoms with Crippen LogP contribution in [0.3, 0.4) is 0 Å². The number of pyridine rings is 1. The lowest BCUT2D eigenvalue weighted by Crippen LogP contribution is -2.29. The highest BCUT2D eigenvalue weighted by Gasteiger charge is 2.42. The molecule has 1 aliphatic heterocycles. The van der Waals surface area contributed by atoms with Crippen molar-refractivity contribution in [2.24, 2.45) is 0 Å². The van der Waals surface area contributed by atoms with Gasteiger partial charge in [-0.1, -0.05) is 37.5 Å². The second-order valence-electron chi connectivity index (χ2n) is 8.35. The molecule has 2 atom stereocenters. The van der Waals surface area contributed by atoms with E-state index in [2.05, 4.69) is 50.4 Å².